The molecule has 1 amide bonds. The van der Waals surface area contributed by atoms with Gasteiger partial charge in [-0.05, 0) is 18.8 Å². The normalized spacial score (nSPS) is 24.2. The van der Waals surface area contributed by atoms with Crippen molar-refractivity contribution in [1.82, 2.24) is 4.90 Å². The topological polar surface area (TPSA) is 20.3 Å². The van der Waals surface area contributed by atoms with Crippen molar-refractivity contribution >= 4 is 5.91 Å². The third-order valence-corrected chi connectivity index (χ3v) is 2.24. The highest BCUT2D eigenvalue weighted by Crippen LogP contribution is 2.15. The third kappa shape index (κ3) is 2.21. The van der Waals surface area contributed by atoms with Crippen LogP contribution in [0.4, 0.5) is 0 Å². The van der Waals surface area contributed by atoms with E-state index in [1.54, 1.807) is 0 Å². The van der Waals surface area contributed by atoms with Gasteiger partial charge >= 0.3 is 0 Å². The van der Waals surface area contributed by atoms with Crippen LogP contribution in [0.1, 0.15) is 33.1 Å². The molecule has 0 aromatic rings. The van der Waals surface area contributed by atoms with E-state index in [9.17, 15) is 4.79 Å². The van der Waals surface area contributed by atoms with Crippen LogP contribution in [0.3, 0.4) is 0 Å². The summed E-state index contributed by atoms with van der Waals surface area (Å²) >= 11 is 0. The molecule has 0 radical (unpaired) electrons. The van der Waals surface area contributed by atoms with E-state index in [1.165, 1.54) is 6.42 Å². The molecular weight excluding hydrogens is 138 g/mol. The monoisotopic (exact) mass is 155 g/mol. The van der Waals surface area contributed by atoms with Crippen LogP contribution >= 0.6 is 0 Å². The molecule has 0 bridgehead atoms. The lowest BCUT2D eigenvalue weighted by Gasteiger charge is -2.14. The van der Waals surface area contributed by atoms with E-state index in [-0.39, 0.29) is 0 Å². The molecule has 1 saturated heterocycles. The molecule has 0 saturated carbocycles. The standard InChI is InChI=1S/C9H17NO/c1-3-4-9(11)10-6-5-8(2)7-10/h8H,3-7H2,1-2H3/t8-/m0/s1. The molecule has 0 spiro atoms. The maximum absolute atomic E-state index is 11.3. The van der Waals surface area contributed by atoms with Crippen molar-refractivity contribution in [3.63, 3.8) is 0 Å². The molecule has 0 N–H and O–H groups in total. The van der Waals surface area contributed by atoms with Crippen LogP contribution in [-0.4, -0.2) is 23.9 Å². The largest absolute Gasteiger partial charge is 0.342 e. The number of hydrogen-bond donors (Lipinski definition) is 0. The molecule has 0 unspecified atom stereocenters. The van der Waals surface area contributed by atoms with Crippen molar-refractivity contribution in [3.8, 4) is 0 Å². The van der Waals surface area contributed by atoms with Crippen molar-refractivity contribution in [2.24, 2.45) is 5.92 Å². The Morgan fingerprint density at radius 2 is 2.36 bits per heavy atom. The molecule has 2 heteroatoms. The Morgan fingerprint density at radius 1 is 1.64 bits per heavy atom. The van der Waals surface area contributed by atoms with E-state index >= 15 is 0 Å². The lowest BCUT2D eigenvalue weighted by molar-refractivity contribution is -0.130. The van der Waals surface area contributed by atoms with Gasteiger partial charge in [0.15, 0.2) is 0 Å². The summed E-state index contributed by atoms with van der Waals surface area (Å²) in [6, 6.07) is 0. The molecule has 0 aromatic heterocycles. The molecule has 1 aliphatic heterocycles. The predicted molar refractivity (Wildman–Crippen MR) is 45.3 cm³/mol. The fourth-order valence-corrected chi connectivity index (χ4v) is 1.53. The van der Waals surface area contributed by atoms with Crippen LogP contribution in [0.5, 0.6) is 0 Å². The van der Waals surface area contributed by atoms with Crippen molar-refractivity contribution in [1.29, 1.82) is 0 Å². The molecule has 2 nitrogen and oxygen atoms in total. The van der Waals surface area contributed by atoms with Gasteiger partial charge in [0.05, 0.1) is 0 Å². The van der Waals surface area contributed by atoms with Crippen LogP contribution in [-0.2, 0) is 4.79 Å². The summed E-state index contributed by atoms with van der Waals surface area (Å²) in [6.07, 6.45) is 2.89. The first-order chi connectivity index (χ1) is 5.24. The maximum atomic E-state index is 11.3. The van der Waals surface area contributed by atoms with Crippen LogP contribution in [0.15, 0.2) is 0 Å². The van der Waals surface area contributed by atoms with Gasteiger partial charge in [-0.1, -0.05) is 13.8 Å². The minimum atomic E-state index is 0.344. The molecule has 11 heavy (non-hydrogen) atoms. The quantitative estimate of drug-likeness (QED) is 0.594. The minimum Gasteiger partial charge on any atom is -0.342 e. The molecule has 1 rings (SSSR count). The molecule has 1 aliphatic rings. The van der Waals surface area contributed by atoms with Crippen molar-refractivity contribution < 1.29 is 4.79 Å². The highest BCUT2D eigenvalue weighted by molar-refractivity contribution is 5.76. The van der Waals surface area contributed by atoms with Gasteiger partial charge in [0.1, 0.15) is 0 Å². The number of carbonyl (C=O) groups is 1. The maximum Gasteiger partial charge on any atom is 0.222 e. The van der Waals surface area contributed by atoms with Gasteiger partial charge < -0.3 is 4.90 Å². The summed E-state index contributed by atoms with van der Waals surface area (Å²) in [6.45, 7) is 6.23. The average molecular weight is 155 g/mol. The number of nitrogens with zero attached hydrogens (tertiary/aromatic N) is 1. The highest BCUT2D eigenvalue weighted by Gasteiger charge is 2.21. The Labute approximate surface area is 68.6 Å². The van der Waals surface area contributed by atoms with Crippen molar-refractivity contribution in [2.75, 3.05) is 13.1 Å². The van der Waals surface area contributed by atoms with Gasteiger partial charge in [0, 0.05) is 19.5 Å². The van der Waals surface area contributed by atoms with Crippen molar-refractivity contribution in [2.45, 2.75) is 33.1 Å². The van der Waals surface area contributed by atoms with E-state index in [1.807, 2.05) is 4.90 Å². The lowest BCUT2D eigenvalue weighted by Crippen LogP contribution is -2.27. The van der Waals surface area contributed by atoms with E-state index in [0.29, 0.717) is 5.91 Å². The molecular formula is C9H17NO. The first kappa shape index (κ1) is 8.57. The SMILES string of the molecule is CCCC(=O)N1CC[C@H](C)C1. The molecule has 0 aromatic carbocycles. The van der Waals surface area contributed by atoms with Gasteiger partial charge in [0.25, 0.3) is 0 Å². The van der Waals surface area contributed by atoms with E-state index in [4.69, 9.17) is 0 Å². The van der Waals surface area contributed by atoms with Crippen molar-refractivity contribution in [3.05, 3.63) is 0 Å². The molecule has 64 valence electrons. The summed E-state index contributed by atoms with van der Waals surface area (Å²) in [5, 5.41) is 0. The van der Waals surface area contributed by atoms with Crippen LogP contribution in [0.25, 0.3) is 0 Å². The second-order valence-electron chi connectivity index (χ2n) is 3.48. The summed E-state index contributed by atoms with van der Waals surface area (Å²) in [5.74, 6) is 1.06. The fourth-order valence-electron chi connectivity index (χ4n) is 1.53. The Kier molecular flexibility index (Phi) is 2.92. The van der Waals surface area contributed by atoms with Crippen LogP contribution < -0.4 is 0 Å². The zero-order chi connectivity index (χ0) is 8.27. The Balaban J connectivity index is 2.31. The zero-order valence-electron chi connectivity index (χ0n) is 7.47. The third-order valence-electron chi connectivity index (χ3n) is 2.24. The number of hydrogen-bond acceptors (Lipinski definition) is 1. The first-order valence-electron chi connectivity index (χ1n) is 4.51. The predicted octanol–water partition coefficient (Wildman–Crippen LogP) is 1.65. The Bertz CT molecular complexity index is 144. The molecule has 1 atom stereocenters. The zero-order valence-corrected chi connectivity index (χ0v) is 7.47. The van der Waals surface area contributed by atoms with E-state index < -0.39 is 0 Å². The van der Waals surface area contributed by atoms with Gasteiger partial charge in [-0.3, -0.25) is 4.79 Å². The van der Waals surface area contributed by atoms with E-state index in [0.717, 1.165) is 31.8 Å². The number of carbonyl (C=O) groups excluding carboxylic acids is 1. The smallest absolute Gasteiger partial charge is 0.222 e. The van der Waals surface area contributed by atoms with Gasteiger partial charge in [-0.25, -0.2) is 0 Å². The van der Waals surface area contributed by atoms with Crippen LogP contribution in [0, 0.1) is 5.92 Å². The average Bonchev–Trinajstić information content (AvgIpc) is 2.36. The lowest BCUT2D eigenvalue weighted by atomic mass is 10.2. The van der Waals surface area contributed by atoms with Crippen LogP contribution in [0.2, 0.25) is 0 Å². The second kappa shape index (κ2) is 3.74. The highest BCUT2D eigenvalue weighted by atomic mass is 16.2. The van der Waals surface area contributed by atoms with E-state index in [2.05, 4.69) is 13.8 Å². The summed E-state index contributed by atoms with van der Waals surface area (Å²) in [7, 11) is 0. The Hall–Kier alpha value is -0.530. The number of amides is 1. The fraction of sp³-hybridized carbons (Fsp3) is 0.889. The second-order valence-corrected chi connectivity index (χ2v) is 3.48. The molecule has 1 heterocycles. The van der Waals surface area contributed by atoms with Gasteiger partial charge in [0.2, 0.25) is 5.91 Å². The number of rotatable bonds is 2. The summed E-state index contributed by atoms with van der Waals surface area (Å²) < 4.78 is 0. The summed E-state index contributed by atoms with van der Waals surface area (Å²) in [5.41, 5.74) is 0. The summed E-state index contributed by atoms with van der Waals surface area (Å²) in [4.78, 5) is 13.3. The van der Waals surface area contributed by atoms with Gasteiger partial charge in [-0.2, -0.15) is 0 Å². The van der Waals surface area contributed by atoms with Gasteiger partial charge in [-0.15, -0.1) is 0 Å². The molecule has 1 fully saturated rings. The number of likely N-dealkylation sites (tertiary alicyclic amines) is 1. The minimum absolute atomic E-state index is 0.344. The Morgan fingerprint density at radius 3 is 2.82 bits per heavy atom. The first-order valence-corrected chi connectivity index (χ1v) is 4.51. The molecule has 0 aliphatic carbocycles.